The van der Waals surface area contributed by atoms with Crippen molar-refractivity contribution in [2.75, 3.05) is 0 Å². The van der Waals surface area contributed by atoms with Crippen molar-refractivity contribution in [2.24, 2.45) is 0 Å². The second-order valence-electron chi connectivity index (χ2n) is 4.41. The number of aliphatic hydroxyl groups excluding tert-OH is 1. The molecule has 3 rings (SSSR count). The van der Waals surface area contributed by atoms with Crippen molar-refractivity contribution < 1.29 is 5.11 Å². The lowest BCUT2D eigenvalue weighted by Gasteiger charge is -2.03. The first-order chi connectivity index (χ1) is 9.28. The second kappa shape index (κ2) is 4.99. The third-order valence-electron chi connectivity index (χ3n) is 3.05. The minimum absolute atomic E-state index is 0.0230. The highest BCUT2D eigenvalue weighted by Gasteiger charge is 2.07. The van der Waals surface area contributed by atoms with Crippen LogP contribution in [0.3, 0.4) is 0 Å². The maximum absolute atomic E-state index is 12.2. The van der Waals surface area contributed by atoms with E-state index in [1.807, 2.05) is 48.5 Å². The lowest BCUT2D eigenvalue weighted by Crippen LogP contribution is -2.13. The molecule has 0 aliphatic heterocycles. The summed E-state index contributed by atoms with van der Waals surface area (Å²) in [6.07, 6.45) is 0. The molecule has 0 fully saturated rings. The van der Waals surface area contributed by atoms with Crippen molar-refractivity contribution in [1.82, 2.24) is 3.96 Å². The van der Waals surface area contributed by atoms with Crippen LogP contribution in [0.1, 0.15) is 11.1 Å². The monoisotopic (exact) mass is 271 g/mol. The van der Waals surface area contributed by atoms with Crippen LogP contribution < -0.4 is 5.56 Å². The van der Waals surface area contributed by atoms with E-state index in [2.05, 4.69) is 0 Å². The number of rotatable bonds is 3. The van der Waals surface area contributed by atoms with Gasteiger partial charge in [0.25, 0.3) is 5.56 Å². The van der Waals surface area contributed by atoms with E-state index >= 15 is 0 Å². The van der Waals surface area contributed by atoms with Gasteiger partial charge in [-0.3, -0.25) is 8.75 Å². The van der Waals surface area contributed by atoms with E-state index in [1.54, 1.807) is 3.96 Å². The van der Waals surface area contributed by atoms with Crippen molar-refractivity contribution in [3.63, 3.8) is 0 Å². The SMILES string of the molecule is O=c1c2ccccc2sn1Cc1cccc(CO)c1. The topological polar surface area (TPSA) is 42.2 Å². The molecule has 3 aromatic rings. The molecule has 96 valence electrons. The van der Waals surface area contributed by atoms with Crippen LogP contribution in [0.15, 0.2) is 53.3 Å². The lowest BCUT2D eigenvalue weighted by atomic mass is 10.1. The summed E-state index contributed by atoms with van der Waals surface area (Å²) in [4.78, 5) is 12.2. The van der Waals surface area contributed by atoms with Gasteiger partial charge in [0.15, 0.2) is 0 Å². The molecule has 1 N–H and O–H groups in total. The molecule has 0 aliphatic rings. The Balaban J connectivity index is 2.01. The summed E-state index contributed by atoms with van der Waals surface area (Å²) in [6, 6.07) is 15.3. The van der Waals surface area contributed by atoms with Crippen LogP contribution in [0, 0.1) is 0 Å². The van der Waals surface area contributed by atoms with Gasteiger partial charge in [0.1, 0.15) is 0 Å². The summed E-state index contributed by atoms with van der Waals surface area (Å²) < 4.78 is 2.76. The van der Waals surface area contributed by atoms with Crippen molar-refractivity contribution in [2.45, 2.75) is 13.2 Å². The zero-order chi connectivity index (χ0) is 13.2. The summed E-state index contributed by atoms with van der Waals surface area (Å²) in [5, 5.41) is 9.90. The largest absolute Gasteiger partial charge is 0.392 e. The zero-order valence-corrected chi connectivity index (χ0v) is 11.1. The fraction of sp³-hybridized carbons (Fsp3) is 0.133. The van der Waals surface area contributed by atoms with E-state index in [-0.39, 0.29) is 12.2 Å². The highest BCUT2D eigenvalue weighted by molar-refractivity contribution is 7.13. The fourth-order valence-corrected chi connectivity index (χ4v) is 3.14. The third-order valence-corrected chi connectivity index (χ3v) is 4.12. The van der Waals surface area contributed by atoms with Gasteiger partial charge < -0.3 is 5.11 Å². The first-order valence-corrected chi connectivity index (χ1v) is 6.83. The van der Waals surface area contributed by atoms with E-state index in [1.165, 1.54) is 11.5 Å². The lowest BCUT2D eigenvalue weighted by molar-refractivity contribution is 0.281. The van der Waals surface area contributed by atoms with Gasteiger partial charge in [-0.15, -0.1) is 0 Å². The van der Waals surface area contributed by atoms with Gasteiger partial charge in [-0.25, -0.2) is 0 Å². The van der Waals surface area contributed by atoms with Crippen molar-refractivity contribution >= 4 is 21.6 Å². The molecule has 0 radical (unpaired) electrons. The summed E-state index contributed by atoms with van der Waals surface area (Å²) >= 11 is 1.47. The Bertz CT molecular complexity index is 773. The summed E-state index contributed by atoms with van der Waals surface area (Å²) in [6.45, 7) is 0.571. The van der Waals surface area contributed by atoms with E-state index < -0.39 is 0 Å². The number of nitrogens with zero attached hydrogens (tertiary/aromatic N) is 1. The Hall–Kier alpha value is -1.91. The predicted octanol–water partition coefficient (Wildman–Crippen LogP) is 2.60. The Labute approximate surface area is 114 Å². The van der Waals surface area contributed by atoms with Gasteiger partial charge in [-0.1, -0.05) is 47.9 Å². The number of hydrogen-bond donors (Lipinski definition) is 1. The normalized spacial score (nSPS) is 11.0. The van der Waals surface area contributed by atoms with Crippen molar-refractivity contribution in [3.05, 3.63) is 70.0 Å². The zero-order valence-electron chi connectivity index (χ0n) is 10.2. The van der Waals surface area contributed by atoms with Crippen LogP contribution in [-0.2, 0) is 13.2 Å². The molecule has 19 heavy (non-hydrogen) atoms. The molecule has 4 heteroatoms. The fourth-order valence-electron chi connectivity index (χ4n) is 2.11. The smallest absolute Gasteiger partial charge is 0.268 e. The molecule has 1 aromatic heterocycles. The van der Waals surface area contributed by atoms with Gasteiger partial charge in [0, 0.05) is 0 Å². The van der Waals surface area contributed by atoms with Crippen LogP contribution in [0.2, 0.25) is 0 Å². The first kappa shape index (κ1) is 12.1. The average molecular weight is 271 g/mol. The number of aliphatic hydroxyl groups is 1. The van der Waals surface area contributed by atoms with Crippen molar-refractivity contribution in [1.29, 1.82) is 0 Å². The molecule has 0 amide bonds. The molecule has 0 unspecified atom stereocenters. The number of benzene rings is 2. The predicted molar refractivity (Wildman–Crippen MR) is 77.6 cm³/mol. The summed E-state index contributed by atoms with van der Waals surface area (Å²) in [7, 11) is 0. The molecule has 3 nitrogen and oxygen atoms in total. The minimum Gasteiger partial charge on any atom is -0.392 e. The molecule has 0 saturated heterocycles. The quantitative estimate of drug-likeness (QED) is 0.795. The summed E-state index contributed by atoms with van der Waals surface area (Å²) in [5.74, 6) is 0. The first-order valence-electron chi connectivity index (χ1n) is 6.05. The standard InChI is InChI=1S/C15H13NO2S/c17-10-12-5-3-4-11(8-12)9-16-15(18)13-6-1-2-7-14(13)19-16/h1-8,17H,9-10H2. The molecule has 0 saturated carbocycles. The van der Waals surface area contributed by atoms with E-state index in [9.17, 15) is 4.79 Å². The van der Waals surface area contributed by atoms with Gasteiger partial charge >= 0.3 is 0 Å². The molecule has 1 heterocycles. The Morgan fingerprint density at radius 1 is 1.05 bits per heavy atom. The second-order valence-corrected chi connectivity index (χ2v) is 5.47. The van der Waals surface area contributed by atoms with Crippen molar-refractivity contribution in [3.8, 4) is 0 Å². The van der Waals surface area contributed by atoms with Crippen LogP contribution in [0.5, 0.6) is 0 Å². The van der Waals surface area contributed by atoms with E-state index in [4.69, 9.17) is 5.11 Å². The van der Waals surface area contributed by atoms with Gasteiger partial charge in [-0.05, 0) is 23.3 Å². The van der Waals surface area contributed by atoms with E-state index in [0.717, 1.165) is 21.2 Å². The van der Waals surface area contributed by atoms with Crippen LogP contribution >= 0.6 is 11.5 Å². The minimum atomic E-state index is 0.0230. The molecule has 0 bridgehead atoms. The number of fused-ring (bicyclic) bond motifs is 1. The molecular weight excluding hydrogens is 258 g/mol. The van der Waals surface area contributed by atoms with Gasteiger partial charge in [0.2, 0.25) is 0 Å². The average Bonchev–Trinajstić information content (AvgIpc) is 2.76. The number of aromatic nitrogens is 1. The summed E-state index contributed by atoms with van der Waals surface area (Å²) in [5.41, 5.74) is 1.95. The molecule has 0 atom stereocenters. The molecule has 0 aliphatic carbocycles. The maximum atomic E-state index is 12.2. The van der Waals surface area contributed by atoms with Gasteiger partial charge in [-0.2, -0.15) is 0 Å². The Morgan fingerprint density at radius 3 is 2.63 bits per heavy atom. The highest BCUT2D eigenvalue weighted by Crippen LogP contribution is 2.17. The van der Waals surface area contributed by atoms with Crippen LogP contribution in [0.4, 0.5) is 0 Å². The Kier molecular flexibility index (Phi) is 3.19. The Morgan fingerprint density at radius 2 is 1.84 bits per heavy atom. The number of hydrogen-bond acceptors (Lipinski definition) is 3. The molecule has 0 spiro atoms. The third kappa shape index (κ3) is 2.32. The molecule has 2 aromatic carbocycles. The maximum Gasteiger partial charge on any atom is 0.268 e. The molecular formula is C15H13NO2S. The van der Waals surface area contributed by atoms with Gasteiger partial charge in [0.05, 0.1) is 23.2 Å². The van der Waals surface area contributed by atoms with Crippen LogP contribution in [-0.4, -0.2) is 9.06 Å². The highest BCUT2D eigenvalue weighted by atomic mass is 32.1. The van der Waals surface area contributed by atoms with Crippen LogP contribution in [0.25, 0.3) is 10.1 Å². The van der Waals surface area contributed by atoms with E-state index in [0.29, 0.717) is 6.54 Å².